The first-order valence-electron chi connectivity index (χ1n) is 13.8. The molecule has 4 aromatic rings. The number of nitriles is 1. The van der Waals surface area contributed by atoms with Crippen molar-refractivity contribution in [3.8, 4) is 17.5 Å². The van der Waals surface area contributed by atoms with Gasteiger partial charge < -0.3 is 19.9 Å². The minimum absolute atomic E-state index is 0.453. The van der Waals surface area contributed by atoms with Gasteiger partial charge in [0.1, 0.15) is 17.9 Å². The van der Waals surface area contributed by atoms with Crippen molar-refractivity contribution in [1.82, 2.24) is 24.8 Å². The molecule has 2 fully saturated rings. The van der Waals surface area contributed by atoms with Crippen LogP contribution in [0.2, 0.25) is 0 Å². The van der Waals surface area contributed by atoms with E-state index in [0.29, 0.717) is 11.5 Å². The van der Waals surface area contributed by atoms with Crippen molar-refractivity contribution in [3.05, 3.63) is 77.0 Å². The number of likely N-dealkylation sites (tertiary alicyclic amines) is 1. The molecule has 8 heteroatoms. The highest BCUT2D eigenvalue weighted by Gasteiger charge is 2.26. The van der Waals surface area contributed by atoms with E-state index in [-0.39, 0.29) is 0 Å². The predicted octanol–water partition coefficient (Wildman–Crippen LogP) is 4.43. The molecule has 2 aromatic carbocycles. The zero-order valence-corrected chi connectivity index (χ0v) is 22.6. The summed E-state index contributed by atoms with van der Waals surface area (Å²) >= 11 is 0. The fraction of sp³-hybridized carbons (Fsp3) is 0.387. The molecule has 2 N–H and O–H groups in total. The summed E-state index contributed by atoms with van der Waals surface area (Å²) in [6.07, 6.45) is 3.17. The number of imidazole rings is 1. The molecule has 1 atom stereocenters. The third-order valence-electron chi connectivity index (χ3n) is 8.38. The quantitative estimate of drug-likeness (QED) is 0.401. The van der Waals surface area contributed by atoms with Crippen LogP contribution in [0.3, 0.4) is 0 Å². The standard InChI is InChI=1S/C31H35N7O/c1-21-3-6-25(31(39)38-11-9-24(10-12-38)23-7-4-22(19-32)5-8-23)17-26(21)30-34-27-18-29(33-20-28(27)35-30)37-15-13-36(2)14-16-37/h3-8,17-18,20,24,31,39H,9-16H2,1-2H3,(H,34,35)/t31-/m0/s1. The minimum Gasteiger partial charge on any atom is -0.374 e. The molecule has 8 nitrogen and oxygen atoms in total. The molecule has 0 bridgehead atoms. The molecule has 6 rings (SSSR count). The second-order valence-corrected chi connectivity index (χ2v) is 10.9. The second-order valence-electron chi connectivity index (χ2n) is 10.9. The number of hydrogen-bond acceptors (Lipinski definition) is 7. The van der Waals surface area contributed by atoms with Gasteiger partial charge in [0.25, 0.3) is 0 Å². The van der Waals surface area contributed by atoms with E-state index in [4.69, 9.17) is 15.2 Å². The lowest BCUT2D eigenvalue weighted by Gasteiger charge is -2.35. The third kappa shape index (κ3) is 5.26. The van der Waals surface area contributed by atoms with Gasteiger partial charge in [0.05, 0.1) is 28.9 Å². The van der Waals surface area contributed by atoms with Crippen LogP contribution in [0.5, 0.6) is 0 Å². The first-order chi connectivity index (χ1) is 19.0. The fourth-order valence-electron chi connectivity index (χ4n) is 5.81. The number of piperidine rings is 1. The van der Waals surface area contributed by atoms with E-state index in [1.807, 2.05) is 24.4 Å². The van der Waals surface area contributed by atoms with Gasteiger partial charge in [-0.15, -0.1) is 0 Å². The molecule has 0 spiro atoms. The highest BCUT2D eigenvalue weighted by Crippen LogP contribution is 2.33. The molecule has 4 heterocycles. The zero-order valence-electron chi connectivity index (χ0n) is 22.6. The monoisotopic (exact) mass is 521 g/mol. The van der Waals surface area contributed by atoms with Crippen LogP contribution >= 0.6 is 0 Å². The number of anilines is 1. The lowest BCUT2D eigenvalue weighted by molar-refractivity contribution is -0.0131. The first-order valence-corrected chi connectivity index (χ1v) is 13.8. The van der Waals surface area contributed by atoms with Crippen molar-refractivity contribution in [2.24, 2.45) is 0 Å². The molecule has 0 saturated carbocycles. The highest BCUT2D eigenvalue weighted by atomic mass is 16.3. The Bertz CT molecular complexity index is 1490. The van der Waals surface area contributed by atoms with Gasteiger partial charge in [0.15, 0.2) is 0 Å². The van der Waals surface area contributed by atoms with Crippen molar-refractivity contribution in [2.75, 3.05) is 51.2 Å². The maximum atomic E-state index is 11.3. The van der Waals surface area contributed by atoms with E-state index >= 15 is 0 Å². The molecule has 2 aliphatic rings. The van der Waals surface area contributed by atoms with Crippen LogP contribution in [-0.4, -0.2) is 76.2 Å². The smallest absolute Gasteiger partial charge is 0.138 e. The number of rotatable bonds is 5. The van der Waals surface area contributed by atoms with Gasteiger partial charge in [-0.1, -0.05) is 24.3 Å². The Hall–Kier alpha value is -3.77. The Morgan fingerprint density at radius 1 is 1.00 bits per heavy atom. The largest absolute Gasteiger partial charge is 0.374 e. The van der Waals surface area contributed by atoms with Crippen LogP contribution in [0.25, 0.3) is 22.4 Å². The van der Waals surface area contributed by atoms with Crippen molar-refractivity contribution in [3.63, 3.8) is 0 Å². The van der Waals surface area contributed by atoms with Crippen LogP contribution < -0.4 is 4.90 Å². The maximum Gasteiger partial charge on any atom is 0.138 e. The number of aromatic amines is 1. The Morgan fingerprint density at radius 2 is 1.74 bits per heavy atom. The molecular weight excluding hydrogens is 486 g/mol. The van der Waals surface area contributed by atoms with Crippen LogP contribution in [0.1, 0.15) is 47.2 Å². The summed E-state index contributed by atoms with van der Waals surface area (Å²) in [5, 5.41) is 20.4. The number of H-pyrrole nitrogens is 1. The number of fused-ring (bicyclic) bond motifs is 1. The van der Waals surface area contributed by atoms with Crippen molar-refractivity contribution >= 4 is 16.9 Å². The van der Waals surface area contributed by atoms with E-state index < -0.39 is 6.23 Å². The molecule has 0 amide bonds. The maximum absolute atomic E-state index is 11.3. The SMILES string of the molecule is Cc1ccc([C@H](O)N2CCC(c3ccc(C#N)cc3)CC2)cc1-c1nc2cc(N3CCN(C)CC3)ncc2[nH]1. The van der Waals surface area contributed by atoms with Crippen molar-refractivity contribution in [1.29, 1.82) is 5.26 Å². The number of aliphatic hydroxyl groups excluding tert-OH is 1. The second kappa shape index (κ2) is 10.8. The summed E-state index contributed by atoms with van der Waals surface area (Å²) < 4.78 is 0. The van der Waals surface area contributed by atoms with Crippen LogP contribution in [0.4, 0.5) is 5.82 Å². The van der Waals surface area contributed by atoms with Crippen molar-refractivity contribution in [2.45, 2.75) is 31.9 Å². The number of hydrogen-bond donors (Lipinski definition) is 2. The van der Waals surface area contributed by atoms with Crippen LogP contribution in [0.15, 0.2) is 54.7 Å². The summed E-state index contributed by atoms with van der Waals surface area (Å²) in [6, 6.07) is 18.3. The summed E-state index contributed by atoms with van der Waals surface area (Å²) in [5.74, 6) is 2.22. The van der Waals surface area contributed by atoms with Gasteiger partial charge in [-0.25, -0.2) is 9.97 Å². The van der Waals surface area contributed by atoms with Gasteiger partial charge in [0.2, 0.25) is 0 Å². The number of aliphatic hydroxyl groups is 1. The molecule has 2 aromatic heterocycles. The number of aryl methyl sites for hydroxylation is 1. The molecule has 200 valence electrons. The summed E-state index contributed by atoms with van der Waals surface area (Å²) in [6.45, 7) is 7.72. The number of benzene rings is 2. The lowest BCUT2D eigenvalue weighted by atomic mass is 9.88. The number of piperazine rings is 1. The van der Waals surface area contributed by atoms with Gasteiger partial charge in [-0.3, -0.25) is 4.90 Å². The van der Waals surface area contributed by atoms with E-state index in [1.54, 1.807) is 0 Å². The van der Waals surface area contributed by atoms with E-state index in [0.717, 1.165) is 91.5 Å². The molecule has 0 radical (unpaired) electrons. The van der Waals surface area contributed by atoms with Gasteiger partial charge in [-0.2, -0.15) is 5.26 Å². The highest BCUT2D eigenvalue weighted by molar-refractivity contribution is 5.81. The predicted molar refractivity (Wildman–Crippen MR) is 153 cm³/mol. The summed E-state index contributed by atoms with van der Waals surface area (Å²) in [5.41, 5.74) is 6.77. The number of nitrogens with zero attached hydrogens (tertiary/aromatic N) is 6. The normalized spacial score (nSPS) is 18.4. The van der Waals surface area contributed by atoms with E-state index in [1.165, 1.54) is 5.56 Å². The zero-order chi connectivity index (χ0) is 26.9. The Kier molecular flexibility index (Phi) is 7.05. The van der Waals surface area contributed by atoms with E-state index in [9.17, 15) is 5.11 Å². The fourth-order valence-corrected chi connectivity index (χ4v) is 5.81. The molecule has 0 aliphatic carbocycles. The lowest BCUT2D eigenvalue weighted by Crippen LogP contribution is -2.44. The molecule has 39 heavy (non-hydrogen) atoms. The number of nitrogens with one attached hydrogen (secondary N) is 1. The van der Waals surface area contributed by atoms with E-state index in [2.05, 4.69) is 70.1 Å². The van der Waals surface area contributed by atoms with Crippen LogP contribution in [-0.2, 0) is 0 Å². The Labute approximate surface area is 229 Å². The Morgan fingerprint density at radius 3 is 2.46 bits per heavy atom. The molecular formula is C31H35N7O. The topological polar surface area (TPSA) is 95.3 Å². The number of aromatic nitrogens is 3. The van der Waals surface area contributed by atoms with Crippen molar-refractivity contribution < 1.29 is 5.11 Å². The minimum atomic E-state index is -0.666. The third-order valence-corrected chi connectivity index (χ3v) is 8.38. The molecule has 2 saturated heterocycles. The Balaban J connectivity index is 1.17. The summed E-state index contributed by atoms with van der Waals surface area (Å²) in [7, 11) is 2.15. The molecule has 0 unspecified atom stereocenters. The number of pyridine rings is 1. The first kappa shape index (κ1) is 25.5. The summed E-state index contributed by atoms with van der Waals surface area (Å²) in [4.78, 5) is 19.9. The van der Waals surface area contributed by atoms with Gasteiger partial charge in [-0.05, 0) is 67.6 Å². The van der Waals surface area contributed by atoms with Crippen LogP contribution in [0, 0.1) is 18.3 Å². The average Bonchev–Trinajstić information content (AvgIpc) is 3.41. The molecule has 2 aliphatic heterocycles. The number of likely N-dealkylation sites (N-methyl/N-ethyl adjacent to an activating group) is 1. The van der Waals surface area contributed by atoms with Gasteiger partial charge >= 0.3 is 0 Å². The average molecular weight is 522 g/mol. The van der Waals surface area contributed by atoms with Gasteiger partial charge in [0, 0.05) is 50.9 Å².